The zero-order chi connectivity index (χ0) is 22.7. The highest BCUT2D eigenvalue weighted by molar-refractivity contribution is 7.90. The summed E-state index contributed by atoms with van der Waals surface area (Å²) >= 11 is 0. The second-order valence-electron chi connectivity index (χ2n) is 8.19. The van der Waals surface area contributed by atoms with Gasteiger partial charge in [0.05, 0.1) is 18.5 Å². The van der Waals surface area contributed by atoms with Crippen LogP contribution in [0, 0.1) is 5.92 Å². The number of sulfonamides is 1. The Balaban J connectivity index is 1.32. The quantitative estimate of drug-likeness (QED) is 0.719. The van der Waals surface area contributed by atoms with Crippen molar-refractivity contribution in [1.82, 2.24) is 4.90 Å². The fourth-order valence-corrected chi connectivity index (χ4v) is 5.33. The van der Waals surface area contributed by atoms with Crippen LogP contribution in [0.2, 0.25) is 0 Å². The SMILES string of the molecule is COc1ccccc1N1CCN(C(=O)CC(C)CC2=NS(=O)(=O)c3ccccc3N2)CC1. The van der Waals surface area contributed by atoms with E-state index < -0.39 is 10.0 Å². The molecule has 0 spiro atoms. The topological polar surface area (TPSA) is 91.3 Å². The summed E-state index contributed by atoms with van der Waals surface area (Å²) in [5, 5.41) is 3.10. The molecule has 1 unspecified atom stereocenters. The van der Waals surface area contributed by atoms with E-state index >= 15 is 0 Å². The van der Waals surface area contributed by atoms with Gasteiger partial charge in [0.1, 0.15) is 16.5 Å². The van der Waals surface area contributed by atoms with Crippen LogP contribution >= 0.6 is 0 Å². The van der Waals surface area contributed by atoms with Crippen LogP contribution in [0.1, 0.15) is 19.8 Å². The van der Waals surface area contributed by atoms with Crippen LogP contribution in [0.3, 0.4) is 0 Å². The van der Waals surface area contributed by atoms with Gasteiger partial charge in [0.2, 0.25) is 5.91 Å². The van der Waals surface area contributed by atoms with Crippen LogP contribution in [0.5, 0.6) is 5.75 Å². The largest absolute Gasteiger partial charge is 0.495 e. The summed E-state index contributed by atoms with van der Waals surface area (Å²) in [6.45, 7) is 4.71. The first kappa shape index (κ1) is 22.1. The minimum absolute atomic E-state index is 0.0403. The number of rotatable bonds is 6. The Hall–Kier alpha value is -3.07. The highest BCUT2D eigenvalue weighted by Crippen LogP contribution is 2.30. The first-order valence-electron chi connectivity index (χ1n) is 10.7. The van der Waals surface area contributed by atoms with Gasteiger partial charge in [0.25, 0.3) is 10.0 Å². The molecule has 0 radical (unpaired) electrons. The molecule has 2 aromatic carbocycles. The van der Waals surface area contributed by atoms with Crippen LogP contribution in [-0.2, 0) is 14.8 Å². The van der Waals surface area contributed by atoms with E-state index in [4.69, 9.17) is 4.74 Å². The van der Waals surface area contributed by atoms with E-state index in [0.29, 0.717) is 37.5 Å². The van der Waals surface area contributed by atoms with E-state index in [1.54, 1.807) is 25.3 Å². The lowest BCUT2D eigenvalue weighted by molar-refractivity contribution is -0.132. The second-order valence-corrected chi connectivity index (χ2v) is 9.76. The molecular weight excluding hydrogens is 428 g/mol. The van der Waals surface area contributed by atoms with Gasteiger partial charge in [-0.15, -0.1) is 4.40 Å². The summed E-state index contributed by atoms with van der Waals surface area (Å²) in [7, 11) is -2.05. The second kappa shape index (κ2) is 9.20. The minimum Gasteiger partial charge on any atom is -0.495 e. The maximum Gasteiger partial charge on any atom is 0.286 e. The lowest BCUT2D eigenvalue weighted by atomic mass is 10.0. The third-order valence-corrected chi connectivity index (χ3v) is 7.17. The van der Waals surface area contributed by atoms with Crippen molar-refractivity contribution in [3.8, 4) is 5.75 Å². The summed E-state index contributed by atoms with van der Waals surface area (Å²) in [5.41, 5.74) is 1.57. The summed E-state index contributed by atoms with van der Waals surface area (Å²) < 4.78 is 34.2. The molecule has 4 rings (SSSR count). The average molecular weight is 457 g/mol. The fraction of sp³-hybridized carbons (Fsp3) is 0.391. The van der Waals surface area contributed by atoms with Gasteiger partial charge in [0, 0.05) is 39.0 Å². The predicted octanol–water partition coefficient (Wildman–Crippen LogP) is 2.97. The van der Waals surface area contributed by atoms with Crippen molar-refractivity contribution >= 4 is 33.1 Å². The molecule has 1 amide bonds. The Bertz CT molecular complexity index is 1120. The monoisotopic (exact) mass is 456 g/mol. The van der Waals surface area contributed by atoms with E-state index in [0.717, 1.165) is 24.5 Å². The fourth-order valence-electron chi connectivity index (χ4n) is 4.17. The van der Waals surface area contributed by atoms with E-state index in [1.165, 1.54) is 6.07 Å². The van der Waals surface area contributed by atoms with E-state index in [-0.39, 0.29) is 16.7 Å². The minimum atomic E-state index is -3.71. The van der Waals surface area contributed by atoms with Crippen molar-refractivity contribution in [3.05, 3.63) is 48.5 Å². The third kappa shape index (κ3) is 4.72. The Labute approximate surface area is 188 Å². The molecule has 0 aliphatic carbocycles. The number of nitrogens with zero attached hydrogens (tertiary/aromatic N) is 3. The third-order valence-electron chi connectivity index (χ3n) is 5.80. The van der Waals surface area contributed by atoms with Crippen molar-refractivity contribution in [3.63, 3.8) is 0 Å². The number of amidine groups is 1. The first-order valence-corrected chi connectivity index (χ1v) is 12.2. The number of anilines is 2. The molecule has 1 fully saturated rings. The zero-order valence-corrected chi connectivity index (χ0v) is 19.1. The normalized spacial score (nSPS) is 18.2. The number of piperazine rings is 1. The summed E-state index contributed by atoms with van der Waals surface area (Å²) in [6.07, 6.45) is 0.734. The Morgan fingerprint density at radius 1 is 1.09 bits per heavy atom. The van der Waals surface area contributed by atoms with Gasteiger partial charge in [-0.1, -0.05) is 31.2 Å². The molecule has 2 aliphatic heterocycles. The molecule has 2 heterocycles. The van der Waals surface area contributed by atoms with Crippen molar-refractivity contribution < 1.29 is 17.9 Å². The van der Waals surface area contributed by atoms with Crippen LogP contribution in [0.4, 0.5) is 11.4 Å². The molecule has 8 nitrogen and oxygen atoms in total. The van der Waals surface area contributed by atoms with E-state index in [2.05, 4.69) is 14.6 Å². The van der Waals surface area contributed by atoms with Gasteiger partial charge in [-0.3, -0.25) is 4.79 Å². The molecule has 0 saturated carbocycles. The van der Waals surface area contributed by atoms with Crippen LogP contribution in [-0.4, -0.2) is 58.3 Å². The van der Waals surface area contributed by atoms with Crippen molar-refractivity contribution in [2.75, 3.05) is 43.5 Å². The maximum atomic E-state index is 12.8. The molecule has 170 valence electrons. The molecule has 0 aromatic heterocycles. The number of carbonyl (C=O) groups is 1. The van der Waals surface area contributed by atoms with Gasteiger partial charge in [-0.05, 0) is 30.2 Å². The van der Waals surface area contributed by atoms with Crippen molar-refractivity contribution in [2.45, 2.75) is 24.7 Å². The number of carbonyl (C=O) groups excluding carboxylic acids is 1. The first-order chi connectivity index (χ1) is 15.4. The number of benzene rings is 2. The number of methoxy groups -OCH3 is 1. The summed E-state index contributed by atoms with van der Waals surface area (Å²) in [6, 6.07) is 14.6. The Morgan fingerprint density at radius 3 is 2.53 bits per heavy atom. The number of fused-ring (bicyclic) bond motifs is 1. The Kier molecular flexibility index (Phi) is 6.36. The number of ether oxygens (including phenoxy) is 1. The highest BCUT2D eigenvalue weighted by atomic mass is 32.2. The average Bonchev–Trinajstić information content (AvgIpc) is 2.78. The van der Waals surface area contributed by atoms with Gasteiger partial charge in [-0.2, -0.15) is 8.42 Å². The van der Waals surface area contributed by atoms with Gasteiger partial charge < -0.3 is 19.9 Å². The summed E-state index contributed by atoms with van der Waals surface area (Å²) in [4.78, 5) is 17.1. The lowest BCUT2D eigenvalue weighted by Crippen LogP contribution is -2.49. The predicted molar refractivity (Wildman–Crippen MR) is 125 cm³/mol. The zero-order valence-electron chi connectivity index (χ0n) is 18.3. The number of para-hydroxylation sites is 3. The number of hydrogen-bond acceptors (Lipinski definition) is 6. The summed E-state index contributed by atoms with van der Waals surface area (Å²) in [5.74, 6) is 1.25. The molecule has 32 heavy (non-hydrogen) atoms. The maximum absolute atomic E-state index is 12.8. The van der Waals surface area contributed by atoms with Gasteiger partial charge in [0.15, 0.2) is 0 Å². The molecule has 0 bridgehead atoms. The number of nitrogens with one attached hydrogen (secondary N) is 1. The standard InChI is InChI=1S/C23H28N4O4S/c1-17(15-22-24-18-7-3-6-10-21(18)32(29,30)25-22)16-23(28)27-13-11-26(12-14-27)19-8-4-5-9-20(19)31-2/h3-10,17H,11-16H2,1-2H3,(H,24,25). The molecule has 9 heteroatoms. The lowest BCUT2D eigenvalue weighted by Gasteiger charge is -2.37. The molecule has 1 saturated heterocycles. The van der Waals surface area contributed by atoms with Gasteiger partial charge >= 0.3 is 0 Å². The van der Waals surface area contributed by atoms with E-state index in [9.17, 15) is 13.2 Å². The molecule has 1 N–H and O–H groups in total. The molecule has 2 aliphatic rings. The van der Waals surface area contributed by atoms with Crippen molar-refractivity contribution in [2.24, 2.45) is 10.3 Å². The smallest absolute Gasteiger partial charge is 0.286 e. The number of hydrogen-bond donors (Lipinski definition) is 1. The van der Waals surface area contributed by atoms with Crippen molar-refractivity contribution in [1.29, 1.82) is 0 Å². The van der Waals surface area contributed by atoms with Crippen LogP contribution in [0.15, 0.2) is 57.8 Å². The molecule has 2 aromatic rings. The number of amides is 1. The van der Waals surface area contributed by atoms with Gasteiger partial charge in [-0.25, -0.2) is 0 Å². The van der Waals surface area contributed by atoms with E-state index in [1.807, 2.05) is 36.1 Å². The highest BCUT2D eigenvalue weighted by Gasteiger charge is 2.27. The van der Waals surface area contributed by atoms with Crippen LogP contribution in [0.25, 0.3) is 0 Å². The Morgan fingerprint density at radius 2 is 1.78 bits per heavy atom. The molecular formula is C23H28N4O4S. The molecule has 1 atom stereocenters. The van der Waals surface area contributed by atoms with Crippen LogP contribution < -0.4 is 15.0 Å².